The van der Waals surface area contributed by atoms with Gasteiger partial charge in [0.05, 0.1) is 0 Å². The van der Waals surface area contributed by atoms with Crippen molar-refractivity contribution in [3.8, 4) is 0 Å². The average molecular weight is 186 g/mol. The molecule has 0 bridgehead atoms. The number of benzene rings is 1. The number of ketones is 1. The van der Waals surface area contributed by atoms with E-state index >= 15 is 0 Å². The molecule has 0 aliphatic carbocycles. The number of allylic oxidation sites excluding steroid dienone is 2. The molecule has 1 aromatic rings. The second-order valence-corrected chi connectivity index (χ2v) is 3.18. The van der Waals surface area contributed by atoms with Crippen LogP contribution >= 0.6 is 0 Å². The van der Waals surface area contributed by atoms with Gasteiger partial charge in [0.2, 0.25) is 0 Å². The van der Waals surface area contributed by atoms with E-state index in [1.54, 1.807) is 13.0 Å². The molecule has 0 unspecified atom stereocenters. The first-order valence-electron chi connectivity index (χ1n) is 4.61. The molecule has 0 radical (unpaired) electrons. The second-order valence-electron chi connectivity index (χ2n) is 3.18. The summed E-state index contributed by atoms with van der Waals surface area (Å²) in [4.78, 5) is 10.7. The Kier molecular flexibility index (Phi) is 3.86. The molecule has 0 spiro atoms. The SMILES string of the molecule is C=CCc1ccc(C=CC(C)=O)cc1. The van der Waals surface area contributed by atoms with Crippen molar-refractivity contribution in [2.24, 2.45) is 0 Å². The first-order chi connectivity index (χ1) is 6.72. The van der Waals surface area contributed by atoms with Gasteiger partial charge in [-0.3, -0.25) is 4.79 Å². The van der Waals surface area contributed by atoms with Gasteiger partial charge in [0, 0.05) is 0 Å². The Morgan fingerprint density at radius 2 is 2.00 bits per heavy atom. The maximum Gasteiger partial charge on any atom is 0.152 e. The second kappa shape index (κ2) is 5.18. The smallest absolute Gasteiger partial charge is 0.152 e. The Hall–Kier alpha value is -1.63. The van der Waals surface area contributed by atoms with E-state index < -0.39 is 0 Å². The Morgan fingerprint density at radius 3 is 2.50 bits per heavy atom. The number of carbonyl (C=O) groups is 1. The lowest BCUT2D eigenvalue weighted by atomic mass is 10.1. The van der Waals surface area contributed by atoms with Crippen molar-refractivity contribution in [3.05, 3.63) is 54.1 Å². The van der Waals surface area contributed by atoms with E-state index in [4.69, 9.17) is 0 Å². The van der Waals surface area contributed by atoms with Crippen molar-refractivity contribution >= 4 is 11.9 Å². The van der Waals surface area contributed by atoms with Crippen molar-refractivity contribution in [1.29, 1.82) is 0 Å². The van der Waals surface area contributed by atoms with E-state index in [1.165, 1.54) is 5.56 Å². The fourth-order valence-electron chi connectivity index (χ4n) is 1.15. The van der Waals surface area contributed by atoms with E-state index in [2.05, 4.69) is 6.58 Å². The predicted molar refractivity (Wildman–Crippen MR) is 60.1 cm³/mol. The number of rotatable bonds is 4. The largest absolute Gasteiger partial charge is 0.295 e. The minimum Gasteiger partial charge on any atom is -0.295 e. The zero-order valence-electron chi connectivity index (χ0n) is 8.36. The molecule has 0 aromatic heterocycles. The van der Waals surface area contributed by atoms with Crippen LogP contribution in [0.15, 0.2) is 43.0 Å². The van der Waals surface area contributed by atoms with Gasteiger partial charge < -0.3 is 0 Å². The molecule has 0 aliphatic rings. The lowest BCUT2D eigenvalue weighted by Crippen LogP contribution is -1.82. The summed E-state index contributed by atoms with van der Waals surface area (Å²) in [7, 11) is 0. The van der Waals surface area contributed by atoms with Crippen LogP contribution in [-0.4, -0.2) is 5.78 Å². The Balaban J connectivity index is 2.73. The number of hydrogen-bond donors (Lipinski definition) is 0. The van der Waals surface area contributed by atoms with Gasteiger partial charge in [-0.15, -0.1) is 6.58 Å². The summed E-state index contributed by atoms with van der Waals surface area (Å²) >= 11 is 0. The van der Waals surface area contributed by atoms with Crippen molar-refractivity contribution in [2.45, 2.75) is 13.3 Å². The van der Waals surface area contributed by atoms with Gasteiger partial charge in [-0.25, -0.2) is 0 Å². The molecule has 0 heterocycles. The van der Waals surface area contributed by atoms with Crippen molar-refractivity contribution in [2.75, 3.05) is 0 Å². The molecule has 0 fully saturated rings. The third-order valence-corrected chi connectivity index (χ3v) is 1.87. The zero-order valence-corrected chi connectivity index (χ0v) is 8.36. The lowest BCUT2D eigenvalue weighted by molar-refractivity contribution is -0.112. The lowest BCUT2D eigenvalue weighted by Gasteiger charge is -1.97. The summed E-state index contributed by atoms with van der Waals surface area (Å²) in [6, 6.07) is 8.08. The van der Waals surface area contributed by atoms with E-state index in [1.807, 2.05) is 36.4 Å². The zero-order chi connectivity index (χ0) is 10.4. The van der Waals surface area contributed by atoms with Crippen LogP contribution < -0.4 is 0 Å². The van der Waals surface area contributed by atoms with E-state index in [0.717, 1.165) is 12.0 Å². The summed E-state index contributed by atoms with van der Waals surface area (Å²) in [5.74, 6) is 0.0696. The van der Waals surface area contributed by atoms with Crippen LogP contribution in [0.3, 0.4) is 0 Å². The topological polar surface area (TPSA) is 17.1 Å². The Labute approximate surface area is 84.8 Å². The van der Waals surface area contributed by atoms with E-state index in [9.17, 15) is 4.79 Å². The molecule has 0 saturated heterocycles. The van der Waals surface area contributed by atoms with Crippen LogP contribution in [0, 0.1) is 0 Å². The molecule has 0 amide bonds. The molecule has 0 saturated carbocycles. The van der Waals surface area contributed by atoms with Crippen LogP contribution in [0.25, 0.3) is 6.08 Å². The summed E-state index contributed by atoms with van der Waals surface area (Å²) in [5, 5.41) is 0. The molecule has 0 aliphatic heterocycles. The molecule has 72 valence electrons. The molecule has 1 aromatic carbocycles. The van der Waals surface area contributed by atoms with E-state index in [-0.39, 0.29) is 5.78 Å². The van der Waals surface area contributed by atoms with Gasteiger partial charge in [-0.2, -0.15) is 0 Å². The minimum atomic E-state index is 0.0696. The highest BCUT2D eigenvalue weighted by Crippen LogP contribution is 2.07. The maximum atomic E-state index is 10.7. The van der Waals surface area contributed by atoms with Crippen molar-refractivity contribution < 1.29 is 4.79 Å². The fourth-order valence-corrected chi connectivity index (χ4v) is 1.15. The minimum absolute atomic E-state index is 0.0696. The third kappa shape index (κ3) is 3.40. The molecular weight excluding hydrogens is 172 g/mol. The quantitative estimate of drug-likeness (QED) is 0.522. The van der Waals surface area contributed by atoms with Gasteiger partial charge in [0.15, 0.2) is 5.78 Å². The highest BCUT2D eigenvalue weighted by molar-refractivity contribution is 5.91. The van der Waals surface area contributed by atoms with Gasteiger partial charge in [-0.1, -0.05) is 36.4 Å². The Bertz CT molecular complexity index is 344. The van der Waals surface area contributed by atoms with Gasteiger partial charge in [0.25, 0.3) is 0 Å². The average Bonchev–Trinajstić information content (AvgIpc) is 2.17. The predicted octanol–water partition coefficient (Wildman–Crippen LogP) is 3.02. The van der Waals surface area contributed by atoms with Crippen LogP contribution in [-0.2, 0) is 11.2 Å². The monoisotopic (exact) mass is 186 g/mol. The molecule has 0 N–H and O–H groups in total. The molecular formula is C13H14O. The fraction of sp³-hybridized carbons (Fsp3) is 0.154. The van der Waals surface area contributed by atoms with E-state index in [0.29, 0.717) is 0 Å². The highest BCUT2D eigenvalue weighted by atomic mass is 16.1. The summed E-state index contributed by atoms with van der Waals surface area (Å²) in [6.07, 6.45) is 6.15. The molecule has 1 nitrogen and oxygen atoms in total. The standard InChI is InChI=1S/C13H14O/c1-3-4-12-7-9-13(10-8-12)6-5-11(2)14/h3,5-10H,1,4H2,2H3. The van der Waals surface area contributed by atoms with Gasteiger partial charge in [0.1, 0.15) is 0 Å². The molecule has 1 rings (SSSR count). The van der Waals surface area contributed by atoms with Crippen LogP contribution in [0.2, 0.25) is 0 Å². The van der Waals surface area contributed by atoms with Gasteiger partial charge in [-0.05, 0) is 30.5 Å². The summed E-state index contributed by atoms with van der Waals surface area (Å²) < 4.78 is 0. The maximum absolute atomic E-state index is 10.7. The first-order valence-corrected chi connectivity index (χ1v) is 4.61. The van der Waals surface area contributed by atoms with Crippen LogP contribution in [0.5, 0.6) is 0 Å². The first kappa shape index (κ1) is 10.5. The molecule has 14 heavy (non-hydrogen) atoms. The highest BCUT2D eigenvalue weighted by Gasteiger charge is 1.90. The van der Waals surface area contributed by atoms with Crippen molar-refractivity contribution in [3.63, 3.8) is 0 Å². The van der Waals surface area contributed by atoms with Gasteiger partial charge >= 0.3 is 0 Å². The Morgan fingerprint density at radius 1 is 1.36 bits per heavy atom. The summed E-state index contributed by atoms with van der Waals surface area (Å²) in [6.45, 7) is 5.22. The summed E-state index contributed by atoms with van der Waals surface area (Å²) in [5.41, 5.74) is 2.29. The van der Waals surface area contributed by atoms with Crippen molar-refractivity contribution in [1.82, 2.24) is 0 Å². The molecule has 1 heteroatoms. The number of carbonyl (C=O) groups excluding carboxylic acids is 1. The number of hydrogen-bond acceptors (Lipinski definition) is 1. The third-order valence-electron chi connectivity index (χ3n) is 1.87. The van der Waals surface area contributed by atoms with Crippen LogP contribution in [0.4, 0.5) is 0 Å². The normalized spacial score (nSPS) is 10.4. The van der Waals surface area contributed by atoms with Crippen LogP contribution in [0.1, 0.15) is 18.1 Å². The molecule has 0 atom stereocenters.